The predicted octanol–water partition coefficient (Wildman–Crippen LogP) is 3.58. The Labute approximate surface area is 159 Å². The number of amides is 1. The molecule has 0 spiro atoms. The summed E-state index contributed by atoms with van der Waals surface area (Å²) in [6.45, 7) is 3.19. The average molecular weight is 376 g/mol. The number of carbonyl (C=O) groups is 2. The summed E-state index contributed by atoms with van der Waals surface area (Å²) >= 11 is 0. The summed E-state index contributed by atoms with van der Waals surface area (Å²) < 4.78 is 11.0. The van der Waals surface area contributed by atoms with Gasteiger partial charge in [0.1, 0.15) is 11.2 Å². The molecule has 1 heterocycles. The van der Waals surface area contributed by atoms with Gasteiger partial charge in [0.15, 0.2) is 16.9 Å². The smallest absolute Gasteiger partial charge is 0.346 e. The van der Waals surface area contributed by atoms with Crippen molar-refractivity contribution in [2.45, 2.75) is 13.8 Å². The summed E-state index contributed by atoms with van der Waals surface area (Å²) in [5, 5.41) is 3.62. The van der Waals surface area contributed by atoms with Gasteiger partial charge in [-0.15, -0.1) is 0 Å². The van der Waals surface area contributed by atoms with Gasteiger partial charge in [0.2, 0.25) is 11.3 Å². The van der Waals surface area contributed by atoms with Crippen LogP contribution in [-0.2, 0) is 9.53 Å². The van der Waals surface area contributed by atoms with E-state index < -0.39 is 11.4 Å². The molecule has 7 nitrogen and oxygen atoms in total. The summed E-state index contributed by atoms with van der Waals surface area (Å²) in [7, 11) is 0. The molecule has 2 aromatic rings. The maximum absolute atomic E-state index is 13.0. The SMILES string of the molecule is CCOC(=O)c1c2oc3cc(NC(C)=O)ccc3nc-2c2ccccc2c1=O. The van der Waals surface area contributed by atoms with Gasteiger partial charge in [-0.1, -0.05) is 24.3 Å². The molecule has 140 valence electrons. The lowest BCUT2D eigenvalue weighted by atomic mass is 9.99. The molecule has 1 amide bonds. The Kier molecular flexibility index (Phi) is 4.27. The van der Waals surface area contributed by atoms with E-state index in [4.69, 9.17) is 9.15 Å². The molecule has 0 atom stereocenters. The summed E-state index contributed by atoms with van der Waals surface area (Å²) in [6.07, 6.45) is 0. The highest BCUT2D eigenvalue weighted by atomic mass is 16.5. The number of hydrogen-bond donors (Lipinski definition) is 1. The molecule has 0 fully saturated rings. The number of benzene rings is 3. The van der Waals surface area contributed by atoms with Crippen molar-refractivity contribution >= 4 is 39.4 Å². The van der Waals surface area contributed by atoms with Gasteiger partial charge in [0.25, 0.3) is 0 Å². The maximum atomic E-state index is 13.0. The number of fused-ring (bicyclic) bond motifs is 4. The van der Waals surface area contributed by atoms with Crippen LogP contribution in [0.3, 0.4) is 0 Å². The van der Waals surface area contributed by atoms with Crippen LogP contribution in [0.1, 0.15) is 24.2 Å². The van der Waals surface area contributed by atoms with Crippen molar-refractivity contribution in [3.05, 3.63) is 58.3 Å². The van der Waals surface area contributed by atoms with E-state index in [-0.39, 0.29) is 23.8 Å². The van der Waals surface area contributed by atoms with Crippen molar-refractivity contribution in [3.63, 3.8) is 0 Å². The first-order valence-corrected chi connectivity index (χ1v) is 8.73. The summed E-state index contributed by atoms with van der Waals surface area (Å²) in [6, 6.07) is 11.9. The van der Waals surface area contributed by atoms with E-state index in [0.29, 0.717) is 33.3 Å². The summed E-state index contributed by atoms with van der Waals surface area (Å²) in [5.41, 5.74) is 1.13. The van der Waals surface area contributed by atoms with Gasteiger partial charge in [-0.25, -0.2) is 9.78 Å². The van der Waals surface area contributed by atoms with Gasteiger partial charge >= 0.3 is 5.97 Å². The van der Waals surface area contributed by atoms with Crippen molar-refractivity contribution in [2.75, 3.05) is 11.9 Å². The van der Waals surface area contributed by atoms with E-state index in [0.717, 1.165) is 0 Å². The molecular weight excluding hydrogens is 360 g/mol. The highest BCUT2D eigenvalue weighted by Gasteiger charge is 2.27. The highest BCUT2D eigenvalue weighted by Crippen LogP contribution is 2.33. The van der Waals surface area contributed by atoms with E-state index >= 15 is 0 Å². The lowest BCUT2D eigenvalue weighted by Crippen LogP contribution is -2.20. The molecule has 0 aromatic heterocycles. The van der Waals surface area contributed by atoms with Crippen LogP contribution in [0.2, 0.25) is 0 Å². The second-order valence-corrected chi connectivity index (χ2v) is 6.23. The zero-order chi connectivity index (χ0) is 19.8. The lowest BCUT2D eigenvalue weighted by molar-refractivity contribution is -0.114. The van der Waals surface area contributed by atoms with Crippen molar-refractivity contribution in [2.24, 2.45) is 0 Å². The number of esters is 1. The van der Waals surface area contributed by atoms with E-state index in [1.54, 1.807) is 49.4 Å². The Morgan fingerprint density at radius 1 is 1.14 bits per heavy atom. The summed E-state index contributed by atoms with van der Waals surface area (Å²) in [4.78, 5) is 41.4. The third-order valence-electron chi connectivity index (χ3n) is 4.30. The van der Waals surface area contributed by atoms with Gasteiger partial charge in [-0.3, -0.25) is 9.59 Å². The second kappa shape index (κ2) is 6.77. The number of carbonyl (C=O) groups excluding carboxylic acids is 2. The highest BCUT2D eigenvalue weighted by molar-refractivity contribution is 6.06. The van der Waals surface area contributed by atoms with E-state index in [1.165, 1.54) is 6.92 Å². The maximum Gasteiger partial charge on any atom is 0.346 e. The van der Waals surface area contributed by atoms with Crippen LogP contribution in [-0.4, -0.2) is 23.5 Å². The number of aromatic nitrogens is 1. The third kappa shape index (κ3) is 2.87. The fraction of sp³-hybridized carbons (Fsp3) is 0.143. The topological polar surface area (TPSA) is 98.5 Å². The van der Waals surface area contributed by atoms with Crippen molar-refractivity contribution in [3.8, 4) is 11.5 Å². The first kappa shape index (κ1) is 17.7. The second-order valence-electron chi connectivity index (χ2n) is 6.23. The molecule has 0 saturated heterocycles. The van der Waals surface area contributed by atoms with E-state index in [1.807, 2.05) is 0 Å². The Bertz CT molecular complexity index is 1280. The van der Waals surface area contributed by atoms with Crippen LogP contribution in [0.25, 0.3) is 33.3 Å². The zero-order valence-corrected chi connectivity index (χ0v) is 15.2. The monoisotopic (exact) mass is 376 g/mol. The van der Waals surface area contributed by atoms with Gasteiger partial charge in [0.05, 0.1) is 6.61 Å². The van der Waals surface area contributed by atoms with Crippen LogP contribution in [0, 0.1) is 0 Å². The van der Waals surface area contributed by atoms with Crippen LogP contribution >= 0.6 is 0 Å². The van der Waals surface area contributed by atoms with Gasteiger partial charge in [-0.2, -0.15) is 0 Å². The fourth-order valence-electron chi connectivity index (χ4n) is 3.16. The average Bonchev–Trinajstić information content (AvgIpc) is 2.67. The summed E-state index contributed by atoms with van der Waals surface area (Å²) in [5.74, 6) is -0.922. The molecule has 4 rings (SSSR count). The fourth-order valence-corrected chi connectivity index (χ4v) is 3.16. The Morgan fingerprint density at radius 3 is 2.61 bits per heavy atom. The largest absolute Gasteiger partial charge is 0.462 e. The molecule has 28 heavy (non-hydrogen) atoms. The van der Waals surface area contributed by atoms with E-state index in [9.17, 15) is 14.4 Å². The number of nitrogens with one attached hydrogen (secondary N) is 1. The first-order chi connectivity index (χ1) is 13.5. The molecule has 2 aliphatic rings. The van der Waals surface area contributed by atoms with Crippen LogP contribution < -0.4 is 10.7 Å². The van der Waals surface area contributed by atoms with Gasteiger partial charge in [-0.05, 0) is 19.1 Å². The molecule has 2 aromatic carbocycles. The Balaban J connectivity index is 2.10. The minimum Gasteiger partial charge on any atom is -0.462 e. The van der Waals surface area contributed by atoms with Crippen molar-refractivity contribution < 1.29 is 18.7 Å². The van der Waals surface area contributed by atoms with Gasteiger partial charge in [0, 0.05) is 29.4 Å². The molecule has 0 bridgehead atoms. The standard InChI is InChI=1S/C21H16N2O5/c1-3-27-21(26)17-19(25)14-7-5-4-6-13(14)18-20(17)28-16-10-12(22-11(2)24)8-9-15(16)23-18/h4-10H,3H2,1-2H3,(H,22,24). The normalized spacial score (nSPS) is 11.1. The molecule has 1 aliphatic carbocycles. The number of anilines is 1. The molecule has 0 saturated carbocycles. The Morgan fingerprint density at radius 2 is 1.89 bits per heavy atom. The predicted molar refractivity (Wildman–Crippen MR) is 105 cm³/mol. The lowest BCUT2D eigenvalue weighted by Gasteiger charge is -2.14. The van der Waals surface area contributed by atoms with Crippen LogP contribution in [0.5, 0.6) is 0 Å². The molecular formula is C21H16N2O5. The van der Waals surface area contributed by atoms with E-state index in [2.05, 4.69) is 10.3 Å². The molecule has 0 unspecified atom stereocenters. The van der Waals surface area contributed by atoms with Gasteiger partial charge < -0.3 is 14.5 Å². The first-order valence-electron chi connectivity index (χ1n) is 8.73. The number of ether oxygens (including phenoxy) is 1. The quantitative estimate of drug-likeness (QED) is 0.333. The number of hydrogen-bond acceptors (Lipinski definition) is 6. The number of rotatable bonds is 3. The molecule has 1 N–H and O–H groups in total. The minimum absolute atomic E-state index is 0.0645. The van der Waals surface area contributed by atoms with Crippen LogP contribution in [0.4, 0.5) is 5.69 Å². The van der Waals surface area contributed by atoms with Crippen molar-refractivity contribution in [1.82, 2.24) is 4.98 Å². The third-order valence-corrected chi connectivity index (χ3v) is 4.30. The van der Waals surface area contributed by atoms with Crippen LogP contribution in [0.15, 0.2) is 51.7 Å². The molecule has 1 aliphatic heterocycles. The minimum atomic E-state index is -0.758. The number of nitrogens with zero attached hydrogens (tertiary/aromatic N) is 1. The Hall–Kier alpha value is -3.74. The van der Waals surface area contributed by atoms with Crippen molar-refractivity contribution in [1.29, 1.82) is 0 Å². The zero-order valence-electron chi connectivity index (χ0n) is 15.2. The molecule has 7 heteroatoms. The molecule has 0 radical (unpaired) electrons.